The minimum Gasteiger partial charge on any atom is -0.508 e. The highest BCUT2D eigenvalue weighted by molar-refractivity contribution is 5.50. The van der Waals surface area contributed by atoms with E-state index in [0.717, 1.165) is 12.0 Å². The zero-order valence-electron chi connectivity index (χ0n) is 10.2. The molecule has 0 unspecified atom stereocenters. The molecule has 1 aromatic rings. The molecule has 0 aliphatic carbocycles. The van der Waals surface area contributed by atoms with E-state index in [9.17, 15) is 0 Å². The standard InChI is InChI=1S/C15H22O/c1-2-3-4-5-6-7-8-9-14-10-12-15(16)13-11-14/h8-13,16H,2-7H2,1H3/b9-8+. The molecule has 0 bridgehead atoms. The average Bonchev–Trinajstić information content (AvgIpc) is 2.30. The van der Waals surface area contributed by atoms with Crippen LogP contribution in [0.3, 0.4) is 0 Å². The van der Waals surface area contributed by atoms with Crippen molar-refractivity contribution in [2.45, 2.75) is 45.4 Å². The summed E-state index contributed by atoms with van der Waals surface area (Å²) < 4.78 is 0. The Morgan fingerprint density at radius 3 is 2.38 bits per heavy atom. The van der Waals surface area contributed by atoms with Gasteiger partial charge in [0.2, 0.25) is 0 Å². The quantitative estimate of drug-likeness (QED) is 0.654. The van der Waals surface area contributed by atoms with Crippen LogP contribution < -0.4 is 0 Å². The van der Waals surface area contributed by atoms with Crippen molar-refractivity contribution in [1.82, 2.24) is 0 Å². The van der Waals surface area contributed by atoms with Crippen molar-refractivity contribution in [1.29, 1.82) is 0 Å². The van der Waals surface area contributed by atoms with E-state index in [1.54, 1.807) is 12.1 Å². The molecule has 0 saturated carbocycles. The monoisotopic (exact) mass is 218 g/mol. The summed E-state index contributed by atoms with van der Waals surface area (Å²) in [7, 11) is 0. The number of rotatable bonds is 7. The van der Waals surface area contributed by atoms with E-state index in [4.69, 9.17) is 5.11 Å². The number of benzene rings is 1. The summed E-state index contributed by atoms with van der Waals surface area (Å²) in [5.74, 6) is 0.330. The Labute approximate surface area is 98.8 Å². The molecule has 0 spiro atoms. The SMILES string of the molecule is CCCCCCC/C=C/c1ccc(O)cc1. The van der Waals surface area contributed by atoms with Gasteiger partial charge >= 0.3 is 0 Å². The normalized spacial score (nSPS) is 11.1. The first-order chi connectivity index (χ1) is 7.83. The number of hydrogen-bond donors (Lipinski definition) is 1. The van der Waals surface area contributed by atoms with E-state index in [1.165, 1.54) is 32.1 Å². The number of aromatic hydroxyl groups is 1. The lowest BCUT2D eigenvalue weighted by Crippen LogP contribution is -1.76. The lowest BCUT2D eigenvalue weighted by Gasteiger charge is -1.97. The molecular weight excluding hydrogens is 196 g/mol. The smallest absolute Gasteiger partial charge is 0.115 e. The summed E-state index contributed by atoms with van der Waals surface area (Å²) in [4.78, 5) is 0. The minimum atomic E-state index is 0.330. The van der Waals surface area contributed by atoms with Gasteiger partial charge in [-0.3, -0.25) is 0 Å². The second kappa shape index (κ2) is 7.98. The largest absolute Gasteiger partial charge is 0.508 e. The van der Waals surface area contributed by atoms with Gasteiger partial charge in [0.1, 0.15) is 5.75 Å². The zero-order valence-corrected chi connectivity index (χ0v) is 10.2. The highest BCUT2D eigenvalue weighted by Crippen LogP contribution is 2.12. The molecule has 0 radical (unpaired) electrons. The summed E-state index contributed by atoms with van der Waals surface area (Å²) in [6, 6.07) is 7.31. The summed E-state index contributed by atoms with van der Waals surface area (Å²) >= 11 is 0. The molecule has 0 atom stereocenters. The van der Waals surface area contributed by atoms with E-state index >= 15 is 0 Å². The lowest BCUT2D eigenvalue weighted by atomic mass is 10.1. The average molecular weight is 218 g/mol. The fraction of sp³-hybridized carbons (Fsp3) is 0.467. The summed E-state index contributed by atoms with van der Waals surface area (Å²) in [6.07, 6.45) is 12.2. The Morgan fingerprint density at radius 2 is 1.69 bits per heavy atom. The summed E-state index contributed by atoms with van der Waals surface area (Å²) in [6.45, 7) is 2.24. The molecule has 1 nitrogen and oxygen atoms in total. The first-order valence-electron chi connectivity index (χ1n) is 6.28. The van der Waals surface area contributed by atoms with Gasteiger partial charge in [-0.2, -0.15) is 0 Å². The maximum Gasteiger partial charge on any atom is 0.115 e. The van der Waals surface area contributed by atoms with Gasteiger partial charge in [0, 0.05) is 0 Å². The first kappa shape index (κ1) is 12.8. The maximum atomic E-state index is 9.12. The van der Waals surface area contributed by atoms with Crippen LogP contribution in [0.4, 0.5) is 0 Å². The highest BCUT2D eigenvalue weighted by Gasteiger charge is 1.89. The van der Waals surface area contributed by atoms with Crippen molar-refractivity contribution in [3.63, 3.8) is 0 Å². The van der Waals surface area contributed by atoms with Crippen molar-refractivity contribution in [3.8, 4) is 5.75 Å². The third-order valence-corrected chi connectivity index (χ3v) is 2.68. The Balaban J connectivity index is 2.14. The van der Waals surface area contributed by atoms with Crippen molar-refractivity contribution in [3.05, 3.63) is 35.9 Å². The predicted octanol–water partition coefficient (Wildman–Crippen LogP) is 4.77. The Morgan fingerprint density at radius 1 is 1.00 bits per heavy atom. The van der Waals surface area contributed by atoms with Gasteiger partial charge in [0.05, 0.1) is 0 Å². The molecule has 0 aliphatic heterocycles. The van der Waals surface area contributed by atoms with Crippen molar-refractivity contribution < 1.29 is 5.11 Å². The van der Waals surface area contributed by atoms with Crippen LogP contribution in [0.15, 0.2) is 30.3 Å². The fourth-order valence-electron chi connectivity index (χ4n) is 1.67. The van der Waals surface area contributed by atoms with Gasteiger partial charge in [-0.1, -0.05) is 56.9 Å². The predicted molar refractivity (Wildman–Crippen MR) is 70.5 cm³/mol. The van der Waals surface area contributed by atoms with Crippen LogP contribution in [0.5, 0.6) is 5.75 Å². The van der Waals surface area contributed by atoms with Crippen LogP contribution in [-0.4, -0.2) is 5.11 Å². The highest BCUT2D eigenvalue weighted by atomic mass is 16.3. The molecule has 16 heavy (non-hydrogen) atoms. The molecule has 0 amide bonds. The summed E-state index contributed by atoms with van der Waals surface area (Å²) in [5, 5.41) is 9.12. The lowest BCUT2D eigenvalue weighted by molar-refractivity contribution is 0.475. The molecule has 1 heteroatoms. The molecule has 1 aromatic carbocycles. The van der Waals surface area contributed by atoms with E-state index < -0.39 is 0 Å². The molecule has 0 saturated heterocycles. The number of allylic oxidation sites excluding steroid dienone is 1. The number of phenols is 1. The van der Waals surface area contributed by atoms with Gasteiger partial charge in [-0.15, -0.1) is 0 Å². The number of hydrogen-bond acceptors (Lipinski definition) is 1. The first-order valence-corrected chi connectivity index (χ1v) is 6.28. The molecule has 0 heterocycles. The molecule has 0 aromatic heterocycles. The molecule has 0 aliphatic rings. The second-order valence-electron chi connectivity index (χ2n) is 4.20. The van der Waals surface area contributed by atoms with Crippen LogP contribution >= 0.6 is 0 Å². The fourth-order valence-corrected chi connectivity index (χ4v) is 1.67. The van der Waals surface area contributed by atoms with Gasteiger partial charge in [0.15, 0.2) is 0 Å². The topological polar surface area (TPSA) is 20.2 Å². The molecule has 1 N–H and O–H groups in total. The number of phenolic OH excluding ortho intramolecular Hbond substituents is 1. The van der Waals surface area contributed by atoms with Gasteiger partial charge in [0.25, 0.3) is 0 Å². The van der Waals surface area contributed by atoms with Gasteiger partial charge in [-0.25, -0.2) is 0 Å². The minimum absolute atomic E-state index is 0.330. The third kappa shape index (κ3) is 5.59. The second-order valence-corrected chi connectivity index (χ2v) is 4.20. The van der Waals surface area contributed by atoms with Crippen LogP contribution in [0.25, 0.3) is 6.08 Å². The molecular formula is C15H22O. The van der Waals surface area contributed by atoms with Crippen LogP contribution in [0.1, 0.15) is 51.0 Å². The Hall–Kier alpha value is -1.24. The van der Waals surface area contributed by atoms with Crippen molar-refractivity contribution in [2.75, 3.05) is 0 Å². The van der Waals surface area contributed by atoms with E-state index in [0.29, 0.717) is 5.75 Å². The van der Waals surface area contributed by atoms with E-state index in [1.807, 2.05) is 12.1 Å². The number of unbranched alkanes of at least 4 members (excludes halogenated alkanes) is 5. The molecule has 88 valence electrons. The van der Waals surface area contributed by atoms with Crippen molar-refractivity contribution >= 4 is 6.08 Å². The van der Waals surface area contributed by atoms with Crippen LogP contribution in [0.2, 0.25) is 0 Å². The van der Waals surface area contributed by atoms with Gasteiger partial charge < -0.3 is 5.11 Å². The van der Waals surface area contributed by atoms with Crippen LogP contribution in [0, 0.1) is 0 Å². The molecule has 1 rings (SSSR count). The molecule has 0 fully saturated rings. The van der Waals surface area contributed by atoms with E-state index in [2.05, 4.69) is 19.1 Å². The van der Waals surface area contributed by atoms with Crippen molar-refractivity contribution in [2.24, 2.45) is 0 Å². The Kier molecular flexibility index (Phi) is 6.39. The third-order valence-electron chi connectivity index (χ3n) is 2.68. The van der Waals surface area contributed by atoms with Crippen LogP contribution in [-0.2, 0) is 0 Å². The zero-order chi connectivity index (χ0) is 11.6. The summed E-state index contributed by atoms with van der Waals surface area (Å²) in [5.41, 5.74) is 1.16. The van der Waals surface area contributed by atoms with E-state index in [-0.39, 0.29) is 0 Å². The maximum absolute atomic E-state index is 9.12. The Bertz CT molecular complexity index is 298. The van der Waals surface area contributed by atoms with Gasteiger partial charge in [-0.05, 0) is 30.5 Å².